The van der Waals surface area contributed by atoms with Crippen molar-refractivity contribution in [1.29, 1.82) is 0 Å². The van der Waals surface area contributed by atoms with Crippen molar-refractivity contribution in [3.8, 4) is 23.0 Å². The van der Waals surface area contributed by atoms with E-state index in [2.05, 4.69) is 150 Å². The zero-order valence-corrected chi connectivity index (χ0v) is 69.7. The number of fused-ring (bicyclic) bond motifs is 4. The third kappa shape index (κ3) is 21.4. The largest absolute Gasteiger partial charge is 0.744 e. The highest BCUT2D eigenvalue weighted by Crippen LogP contribution is 2.42. The lowest BCUT2D eigenvalue weighted by molar-refractivity contribution is 0.460. The molecule has 0 bridgehead atoms. The minimum absolute atomic E-state index is 0.232. The molecule has 0 spiro atoms. The summed E-state index contributed by atoms with van der Waals surface area (Å²) in [5.74, 6) is 2.48. The molecule has 26 heteroatoms. The summed E-state index contributed by atoms with van der Waals surface area (Å²) < 4.78 is 195. The number of hydrogen-bond donors (Lipinski definition) is 3. The van der Waals surface area contributed by atoms with Crippen LogP contribution in [0.3, 0.4) is 0 Å². The third-order valence-corrected chi connectivity index (χ3v) is 23.7. The molecule has 0 saturated heterocycles. The highest BCUT2D eigenvalue weighted by Gasteiger charge is 2.27. The summed E-state index contributed by atoms with van der Waals surface area (Å²) in [4.78, 5) is -1.02. The average molecular weight is 1670 g/mol. The lowest BCUT2D eigenvalue weighted by Crippen LogP contribution is -2.21. The molecule has 0 atom stereocenters. The predicted molar refractivity (Wildman–Crippen MR) is 450 cm³/mol. The van der Waals surface area contributed by atoms with Crippen molar-refractivity contribution in [2.75, 3.05) is 22.0 Å². The summed E-state index contributed by atoms with van der Waals surface area (Å²) in [5.41, 5.74) is 21.8. The fourth-order valence-electron chi connectivity index (χ4n) is 14.2. The topological polar surface area (TPSA) is 331 Å². The van der Waals surface area contributed by atoms with Gasteiger partial charge < -0.3 is 18.6 Å². The summed E-state index contributed by atoms with van der Waals surface area (Å²) in [6.07, 6.45) is 8.61. The number of benzene rings is 12. The van der Waals surface area contributed by atoms with E-state index in [1.807, 2.05) is 72.8 Å². The maximum Gasteiger partial charge on any atom is 0.425 e. The Hall–Kier alpha value is -11.4. The van der Waals surface area contributed by atoms with E-state index in [1.54, 1.807) is 66.7 Å². The van der Waals surface area contributed by atoms with Crippen LogP contribution in [0.2, 0.25) is 0 Å². The van der Waals surface area contributed by atoms with Crippen LogP contribution in [0, 0.1) is 55.4 Å². The van der Waals surface area contributed by atoms with Gasteiger partial charge in [0.2, 0.25) is 20.0 Å². The third-order valence-electron chi connectivity index (χ3n) is 19.8. The lowest BCUT2D eigenvalue weighted by Gasteiger charge is -2.24. The molecule has 2 aliphatic rings. The number of rotatable bonds is 18. The van der Waals surface area contributed by atoms with Crippen molar-refractivity contribution in [1.82, 2.24) is 0 Å². The molecule has 14 rings (SSSR count). The molecule has 3 N–H and O–H groups in total. The van der Waals surface area contributed by atoms with Crippen LogP contribution in [0.4, 0.5) is 11.4 Å². The quantitative estimate of drug-likeness (QED) is 0.0672. The van der Waals surface area contributed by atoms with Crippen molar-refractivity contribution >= 4 is 95.7 Å². The Balaban J connectivity index is 0.000000171. The smallest absolute Gasteiger partial charge is 0.425 e. The molecule has 116 heavy (non-hydrogen) atoms. The van der Waals surface area contributed by atoms with E-state index in [0.717, 1.165) is 85.2 Å². The van der Waals surface area contributed by atoms with Gasteiger partial charge in [0.1, 0.15) is 48.1 Å². The zero-order chi connectivity index (χ0) is 83.9. The van der Waals surface area contributed by atoms with Crippen LogP contribution in [0.5, 0.6) is 23.0 Å². The van der Waals surface area contributed by atoms with Gasteiger partial charge in [-0.1, -0.05) is 164 Å². The molecular formula is C90H82N2O18S6-2. The van der Waals surface area contributed by atoms with Crippen LogP contribution in [-0.4, -0.2) is 80.9 Å². The summed E-state index contributed by atoms with van der Waals surface area (Å²) in [5, 5.41) is 3.40. The van der Waals surface area contributed by atoms with Gasteiger partial charge >= 0.3 is 10.6 Å². The first-order valence-electron chi connectivity index (χ1n) is 36.3. The molecule has 12 aromatic carbocycles. The summed E-state index contributed by atoms with van der Waals surface area (Å²) in [6.45, 7) is 16.8. The molecule has 0 saturated carbocycles. The van der Waals surface area contributed by atoms with Crippen LogP contribution < -0.4 is 39.8 Å². The molecule has 2 aliphatic heterocycles. The van der Waals surface area contributed by atoms with Gasteiger partial charge in [-0.2, -0.15) is 8.42 Å². The van der Waals surface area contributed by atoms with Crippen LogP contribution in [0.15, 0.2) is 251 Å². The van der Waals surface area contributed by atoms with E-state index in [9.17, 15) is 55.7 Å². The Morgan fingerprint density at radius 3 is 1.09 bits per heavy atom. The Kier molecular flexibility index (Phi) is 26.0. The molecule has 20 nitrogen and oxygen atoms in total. The van der Waals surface area contributed by atoms with Crippen LogP contribution in [0.1, 0.15) is 111 Å². The van der Waals surface area contributed by atoms with Crippen molar-refractivity contribution < 1.29 is 77.8 Å². The maximum absolute atomic E-state index is 12.4. The Labute approximate surface area is 678 Å². The van der Waals surface area contributed by atoms with Gasteiger partial charge in [-0.15, -0.1) is 12.6 Å². The van der Waals surface area contributed by atoms with Crippen molar-refractivity contribution in [2.45, 2.75) is 95.8 Å². The second-order valence-corrected chi connectivity index (χ2v) is 36.5. The number of anilines is 2. The first-order chi connectivity index (χ1) is 54.7. The SMILES string of the molecule is CS(=O)(=O)Nc1ccc(CCc2ccc(NS(C)(=O)=O)c(S(=O)(=O)O)c2)cc1.Cc1cccc(C)c1/C=c1\ccc2c(c1)Oc1cc(Cc3c(C)cccc3C)ccc1C=2c1ccccc1S(=O)(=O)[O-].Cc1cccc(C)c1/C=c1\ccc2c(c1)Oc1cc(Cc3c(C)cccc3C)ccc1C=2c1ccccc1S(=O)(=O)[O-].O=S(=O)=O. The molecule has 0 fully saturated rings. The normalized spacial score (nSPS) is 12.6. The van der Waals surface area contributed by atoms with Gasteiger partial charge in [-0.05, 0) is 265 Å². The van der Waals surface area contributed by atoms with Crippen molar-refractivity contribution in [3.63, 3.8) is 0 Å². The number of sulfonamides is 2. The highest BCUT2D eigenvalue weighted by molar-refractivity contribution is 7.92. The van der Waals surface area contributed by atoms with E-state index in [0.29, 0.717) is 69.4 Å². The van der Waals surface area contributed by atoms with Crippen LogP contribution in [0.25, 0.3) is 23.3 Å². The summed E-state index contributed by atoms with van der Waals surface area (Å²) in [7, 11) is -24.3. The lowest BCUT2D eigenvalue weighted by atomic mass is 9.90. The Morgan fingerprint density at radius 2 is 0.716 bits per heavy atom. The highest BCUT2D eigenvalue weighted by atomic mass is 32.2. The number of ether oxygens (including phenoxy) is 2. The molecule has 0 amide bonds. The Morgan fingerprint density at radius 1 is 0.362 bits per heavy atom. The fraction of sp³-hybridized carbons (Fsp3) is 0.156. The van der Waals surface area contributed by atoms with Crippen LogP contribution in [-0.2, 0) is 86.7 Å². The van der Waals surface area contributed by atoms with Crippen molar-refractivity contribution in [3.05, 3.63) is 369 Å². The van der Waals surface area contributed by atoms with Gasteiger partial charge in [0.05, 0.1) is 28.0 Å². The van der Waals surface area contributed by atoms with Crippen molar-refractivity contribution in [2.24, 2.45) is 0 Å². The molecule has 0 radical (unpaired) electrons. The maximum atomic E-state index is 12.4. The van der Waals surface area contributed by atoms with E-state index < -0.39 is 65.9 Å². The minimum atomic E-state index is -4.72. The summed E-state index contributed by atoms with van der Waals surface area (Å²) in [6, 6.07) is 72.6. The second kappa shape index (κ2) is 35.3. The molecule has 0 aliphatic carbocycles. The summed E-state index contributed by atoms with van der Waals surface area (Å²) >= 11 is 0. The molecule has 0 unspecified atom stereocenters. The number of hydrogen-bond acceptors (Lipinski definition) is 17. The van der Waals surface area contributed by atoms with Crippen LogP contribution >= 0.6 is 0 Å². The van der Waals surface area contributed by atoms with E-state index >= 15 is 0 Å². The van der Waals surface area contributed by atoms with Gasteiger partial charge in [0.15, 0.2) is 0 Å². The van der Waals surface area contributed by atoms with E-state index in [1.165, 1.54) is 79.9 Å². The average Bonchev–Trinajstić information content (AvgIpc) is 0.745. The van der Waals surface area contributed by atoms with Gasteiger partial charge in [-0.25, -0.2) is 33.7 Å². The molecular weight excluding hydrogens is 1590 g/mol. The fourth-order valence-corrected chi connectivity index (χ4v) is 17.5. The number of aryl methyl sites for hydroxylation is 10. The van der Waals surface area contributed by atoms with Gasteiger partial charge in [0, 0.05) is 49.5 Å². The molecule has 0 aromatic heterocycles. The molecule has 598 valence electrons. The molecule has 2 heterocycles. The van der Waals surface area contributed by atoms with E-state index in [-0.39, 0.29) is 15.5 Å². The van der Waals surface area contributed by atoms with Gasteiger partial charge in [0.25, 0.3) is 10.1 Å². The minimum Gasteiger partial charge on any atom is -0.744 e. The standard InChI is InChI=1S/2C37H32O4S.C16H20N2O7S3.O3S/c2*1-23-9-7-10-24(2)32(23)19-27-15-17-29-34(21-27)41-35-22-28(20-33-25(3)11-8-12-26(33)4)16-18-30(35)37(29)31-13-5-6-14-36(31)42(38,39)40;1-26(19,20)17-14-8-5-12(6-9-14)3-4-13-7-10-15(18-27(2,21)22)16(11-13)28(23,24)25;1-4(2)3/h2*5-19,21-22H,20H2,1-4H3,(H,38,39,40);5-11,17-18H,3-4H2,1-2H3,(H,23,24,25);/p-2/b2*27-19+;;. The second-order valence-electron chi connectivity index (χ2n) is 28.5. The molecule has 12 aromatic rings. The first-order valence-corrected chi connectivity index (χ1v) is 45.3. The van der Waals surface area contributed by atoms with E-state index in [4.69, 9.17) is 22.1 Å². The Bertz CT molecular complexity index is 6520. The van der Waals surface area contributed by atoms with Gasteiger partial charge in [-0.3, -0.25) is 14.0 Å². The predicted octanol–water partition coefficient (Wildman–Crippen LogP) is 13.7. The number of nitrogens with one attached hydrogen (secondary N) is 2. The monoisotopic (exact) mass is 1670 g/mol. The zero-order valence-electron chi connectivity index (χ0n) is 64.8. The first kappa shape index (κ1) is 85.5.